The Bertz CT molecular complexity index is 185. The van der Waals surface area contributed by atoms with E-state index in [-0.39, 0.29) is 5.54 Å². The van der Waals surface area contributed by atoms with Crippen molar-refractivity contribution in [2.45, 2.75) is 72.3 Å². The van der Waals surface area contributed by atoms with Gasteiger partial charge in [0.05, 0.1) is 10.6 Å². The number of thioether (sulfide) groups is 1. The molecule has 0 unspecified atom stereocenters. The van der Waals surface area contributed by atoms with Crippen LogP contribution in [0.2, 0.25) is 0 Å². The van der Waals surface area contributed by atoms with Gasteiger partial charge in [-0.25, -0.2) is 0 Å². The average molecular weight is 229 g/mol. The van der Waals surface area contributed by atoms with Crippen molar-refractivity contribution in [1.29, 1.82) is 0 Å². The fraction of sp³-hybridized carbons (Fsp3) is 0.923. The molecule has 0 atom stereocenters. The zero-order valence-corrected chi connectivity index (χ0v) is 11.9. The number of hydrogen-bond acceptors (Lipinski definition) is 2. The highest BCUT2D eigenvalue weighted by Gasteiger charge is 2.15. The predicted molar refractivity (Wildman–Crippen MR) is 74.1 cm³/mol. The second-order valence-corrected chi connectivity index (χ2v) is 5.79. The molecule has 0 aromatic carbocycles. The van der Waals surface area contributed by atoms with Gasteiger partial charge in [-0.05, 0) is 38.9 Å². The van der Waals surface area contributed by atoms with E-state index in [2.05, 4.69) is 34.6 Å². The van der Waals surface area contributed by atoms with Crippen LogP contribution < -0.4 is 0 Å². The van der Waals surface area contributed by atoms with Crippen LogP contribution in [-0.4, -0.2) is 16.3 Å². The zero-order chi connectivity index (χ0) is 11.7. The van der Waals surface area contributed by atoms with Crippen LogP contribution in [0.4, 0.5) is 0 Å². The van der Waals surface area contributed by atoms with Crippen LogP contribution in [0.5, 0.6) is 0 Å². The summed E-state index contributed by atoms with van der Waals surface area (Å²) in [4.78, 5) is 4.87. The number of rotatable bonds is 7. The minimum absolute atomic E-state index is 0.138. The molecule has 0 N–H and O–H groups in total. The van der Waals surface area contributed by atoms with Crippen molar-refractivity contribution in [1.82, 2.24) is 0 Å². The van der Waals surface area contributed by atoms with Gasteiger partial charge in [0.2, 0.25) is 0 Å². The standard InChI is InChI=1S/C13H27NS/c1-6-9-11-15-12(8-3)14-13(4,5)10-7-2/h6-11H2,1-5H3. The van der Waals surface area contributed by atoms with E-state index in [9.17, 15) is 0 Å². The average Bonchev–Trinajstić information content (AvgIpc) is 2.16. The third-order valence-electron chi connectivity index (χ3n) is 2.36. The van der Waals surface area contributed by atoms with Crippen molar-refractivity contribution in [2.75, 3.05) is 5.75 Å². The van der Waals surface area contributed by atoms with Crippen molar-refractivity contribution >= 4 is 16.8 Å². The van der Waals surface area contributed by atoms with Crippen LogP contribution in [0.15, 0.2) is 4.99 Å². The first-order valence-corrected chi connectivity index (χ1v) is 7.25. The first-order chi connectivity index (χ1) is 7.05. The molecule has 2 heteroatoms. The van der Waals surface area contributed by atoms with E-state index in [1.54, 1.807) is 0 Å². The van der Waals surface area contributed by atoms with Gasteiger partial charge in [0.15, 0.2) is 0 Å². The Kier molecular flexibility index (Phi) is 8.22. The summed E-state index contributed by atoms with van der Waals surface area (Å²) in [5.74, 6) is 1.23. The monoisotopic (exact) mass is 229 g/mol. The Balaban J connectivity index is 4.17. The van der Waals surface area contributed by atoms with E-state index in [0.717, 1.165) is 6.42 Å². The van der Waals surface area contributed by atoms with Gasteiger partial charge in [-0.3, -0.25) is 4.99 Å². The Morgan fingerprint density at radius 2 is 1.80 bits per heavy atom. The van der Waals surface area contributed by atoms with E-state index >= 15 is 0 Å². The summed E-state index contributed by atoms with van der Waals surface area (Å²) in [7, 11) is 0. The largest absolute Gasteiger partial charge is 0.277 e. The molecule has 0 amide bonds. The highest BCUT2D eigenvalue weighted by atomic mass is 32.2. The summed E-state index contributed by atoms with van der Waals surface area (Å²) >= 11 is 1.95. The van der Waals surface area contributed by atoms with Gasteiger partial charge < -0.3 is 0 Å². The minimum atomic E-state index is 0.138. The van der Waals surface area contributed by atoms with Gasteiger partial charge in [0.1, 0.15) is 0 Å². The van der Waals surface area contributed by atoms with Crippen LogP contribution in [-0.2, 0) is 0 Å². The van der Waals surface area contributed by atoms with Crippen LogP contribution in [0.25, 0.3) is 0 Å². The summed E-state index contributed by atoms with van der Waals surface area (Å²) < 4.78 is 0. The van der Waals surface area contributed by atoms with Crippen molar-refractivity contribution in [2.24, 2.45) is 4.99 Å². The molecule has 0 spiro atoms. The fourth-order valence-electron chi connectivity index (χ4n) is 1.55. The van der Waals surface area contributed by atoms with Gasteiger partial charge in [-0.1, -0.05) is 33.6 Å². The summed E-state index contributed by atoms with van der Waals surface area (Å²) in [6.07, 6.45) is 6.07. The summed E-state index contributed by atoms with van der Waals surface area (Å²) in [6.45, 7) is 11.2. The van der Waals surface area contributed by atoms with E-state index in [1.165, 1.54) is 36.5 Å². The summed E-state index contributed by atoms with van der Waals surface area (Å²) in [6, 6.07) is 0. The van der Waals surface area contributed by atoms with E-state index in [4.69, 9.17) is 4.99 Å². The lowest BCUT2D eigenvalue weighted by atomic mass is 10.0. The molecule has 90 valence electrons. The van der Waals surface area contributed by atoms with Crippen LogP contribution >= 0.6 is 11.8 Å². The molecule has 0 saturated carbocycles. The SMILES string of the molecule is CCCCSC(CC)=NC(C)(C)CCC. The highest BCUT2D eigenvalue weighted by Crippen LogP contribution is 2.21. The smallest absolute Gasteiger partial charge is 0.0679 e. The number of unbranched alkanes of at least 4 members (excludes halogenated alkanes) is 1. The number of aliphatic imine (C=N–C) groups is 1. The van der Waals surface area contributed by atoms with E-state index in [1.807, 2.05) is 11.8 Å². The Hall–Kier alpha value is 0.0200. The molecule has 0 aromatic rings. The molecule has 0 fully saturated rings. The molecule has 0 aliphatic carbocycles. The van der Waals surface area contributed by atoms with Gasteiger partial charge in [0, 0.05) is 0 Å². The second kappa shape index (κ2) is 8.20. The van der Waals surface area contributed by atoms with Crippen molar-refractivity contribution < 1.29 is 0 Å². The molecule has 1 nitrogen and oxygen atoms in total. The Labute approximate surface area is 100 Å². The van der Waals surface area contributed by atoms with Crippen molar-refractivity contribution in [3.63, 3.8) is 0 Å². The lowest BCUT2D eigenvalue weighted by molar-refractivity contribution is 0.474. The van der Waals surface area contributed by atoms with Crippen molar-refractivity contribution in [3.8, 4) is 0 Å². The van der Waals surface area contributed by atoms with Crippen LogP contribution in [0.1, 0.15) is 66.7 Å². The van der Waals surface area contributed by atoms with Gasteiger partial charge in [-0.15, -0.1) is 11.8 Å². The topological polar surface area (TPSA) is 12.4 Å². The Morgan fingerprint density at radius 1 is 1.13 bits per heavy atom. The third kappa shape index (κ3) is 7.89. The second-order valence-electron chi connectivity index (χ2n) is 4.62. The highest BCUT2D eigenvalue weighted by molar-refractivity contribution is 8.13. The third-order valence-corrected chi connectivity index (χ3v) is 3.56. The van der Waals surface area contributed by atoms with Gasteiger partial charge in [0.25, 0.3) is 0 Å². The minimum Gasteiger partial charge on any atom is -0.277 e. The lowest BCUT2D eigenvalue weighted by Gasteiger charge is -2.20. The first-order valence-electron chi connectivity index (χ1n) is 6.27. The molecular weight excluding hydrogens is 202 g/mol. The molecule has 0 heterocycles. The molecule has 0 radical (unpaired) electrons. The predicted octanol–water partition coefficient (Wildman–Crippen LogP) is 4.91. The van der Waals surface area contributed by atoms with Crippen LogP contribution in [0, 0.1) is 0 Å². The lowest BCUT2D eigenvalue weighted by Crippen LogP contribution is -2.18. The summed E-state index contributed by atoms with van der Waals surface area (Å²) in [5.41, 5.74) is 0.138. The molecule has 0 aromatic heterocycles. The molecule has 15 heavy (non-hydrogen) atoms. The number of hydrogen-bond donors (Lipinski definition) is 0. The van der Waals surface area contributed by atoms with E-state index in [0.29, 0.717) is 0 Å². The summed E-state index contributed by atoms with van der Waals surface area (Å²) in [5, 5.41) is 1.34. The fourth-order valence-corrected chi connectivity index (χ4v) is 2.74. The maximum atomic E-state index is 4.87. The molecular formula is C13H27NS. The zero-order valence-electron chi connectivity index (χ0n) is 11.1. The van der Waals surface area contributed by atoms with Crippen LogP contribution in [0.3, 0.4) is 0 Å². The molecule has 0 rings (SSSR count). The Morgan fingerprint density at radius 3 is 2.27 bits per heavy atom. The number of nitrogens with zero attached hydrogens (tertiary/aromatic N) is 1. The van der Waals surface area contributed by atoms with Crippen molar-refractivity contribution in [3.05, 3.63) is 0 Å². The quantitative estimate of drug-likeness (QED) is 0.343. The first kappa shape index (κ1) is 15.0. The van der Waals surface area contributed by atoms with Gasteiger partial charge >= 0.3 is 0 Å². The maximum absolute atomic E-state index is 4.87. The molecule has 0 bridgehead atoms. The van der Waals surface area contributed by atoms with Gasteiger partial charge in [-0.2, -0.15) is 0 Å². The maximum Gasteiger partial charge on any atom is 0.0679 e. The molecule has 0 aliphatic heterocycles. The van der Waals surface area contributed by atoms with E-state index < -0.39 is 0 Å². The molecule has 0 saturated heterocycles. The molecule has 0 aliphatic rings. The normalized spacial score (nSPS) is 13.3.